The van der Waals surface area contributed by atoms with E-state index in [1.807, 2.05) is 44.2 Å². The molecule has 1 aromatic heterocycles. The molecule has 11 nitrogen and oxygen atoms in total. The summed E-state index contributed by atoms with van der Waals surface area (Å²) in [5, 5.41) is 19.3. The number of aliphatic imine (C=N–C) groups is 1. The molecule has 0 spiro atoms. The number of thiazole rings is 1. The van der Waals surface area contributed by atoms with Crippen molar-refractivity contribution in [3.05, 3.63) is 65.3 Å². The van der Waals surface area contributed by atoms with Crippen LogP contribution >= 0.6 is 11.3 Å². The fourth-order valence-electron chi connectivity index (χ4n) is 5.06. The van der Waals surface area contributed by atoms with Crippen LogP contribution in [0.2, 0.25) is 0 Å². The zero-order valence-corrected chi connectivity index (χ0v) is 27.9. The normalized spacial score (nSPS) is 17.4. The highest BCUT2D eigenvalue weighted by Crippen LogP contribution is 2.40. The van der Waals surface area contributed by atoms with Gasteiger partial charge in [0.25, 0.3) is 0 Å². The van der Waals surface area contributed by atoms with E-state index in [2.05, 4.69) is 25.7 Å². The molecule has 4 N–H and O–H groups in total. The molecule has 0 aliphatic heterocycles. The Morgan fingerprint density at radius 1 is 1.13 bits per heavy atom. The number of aromatic nitrogens is 1. The molecule has 0 atom stereocenters. The maximum absolute atomic E-state index is 13.7. The number of hydrogen-bond acceptors (Lipinski definition) is 8. The number of benzene rings is 2. The Labute approximate surface area is 269 Å². The summed E-state index contributed by atoms with van der Waals surface area (Å²) in [6.07, 6.45) is 6.30. The van der Waals surface area contributed by atoms with Crippen molar-refractivity contribution in [2.45, 2.75) is 95.3 Å². The highest BCUT2D eigenvalue weighted by atomic mass is 32.2. The van der Waals surface area contributed by atoms with Crippen molar-refractivity contribution in [1.29, 1.82) is 5.26 Å². The van der Waals surface area contributed by atoms with E-state index >= 15 is 0 Å². The molecule has 3 aromatic rings. The Morgan fingerprint density at radius 3 is 2.49 bits per heavy atom. The van der Waals surface area contributed by atoms with Crippen LogP contribution in [0.4, 0.5) is 10.5 Å². The molecule has 2 aromatic carbocycles. The van der Waals surface area contributed by atoms with Gasteiger partial charge in [-0.15, -0.1) is 16.3 Å². The molecule has 1 aliphatic rings. The lowest BCUT2D eigenvalue weighted by molar-refractivity contribution is 0.109. The topological polar surface area (TPSA) is 158 Å². The molecule has 1 saturated carbocycles. The van der Waals surface area contributed by atoms with Gasteiger partial charge in [0, 0.05) is 41.5 Å². The Hall–Kier alpha value is -3.99. The minimum atomic E-state index is -3.95. The largest absolute Gasteiger partial charge is 0.447 e. The zero-order chi connectivity index (χ0) is 32.6. The lowest BCUT2D eigenvalue weighted by Crippen LogP contribution is -2.40. The predicted molar refractivity (Wildman–Crippen MR) is 177 cm³/mol. The van der Waals surface area contributed by atoms with Crippen LogP contribution in [-0.4, -0.2) is 43.1 Å². The SMILES string of the molecule is CC(C)OC(=O)N[C@H]1CC[C@H](c2ncc(-c3ccc(N/C(=N/C#N)NCc4ccccc4)cc3S(=O)(=O)NC(C)(C)C)s2)CC1. The highest BCUT2D eigenvalue weighted by Gasteiger charge is 2.29. The summed E-state index contributed by atoms with van der Waals surface area (Å²) in [6, 6.07) is 14.8. The smallest absolute Gasteiger partial charge is 0.407 e. The van der Waals surface area contributed by atoms with E-state index in [0.717, 1.165) is 41.1 Å². The van der Waals surface area contributed by atoms with Crippen molar-refractivity contribution in [3.63, 3.8) is 0 Å². The number of guanidine groups is 1. The minimum absolute atomic E-state index is 0.0591. The van der Waals surface area contributed by atoms with E-state index in [0.29, 0.717) is 17.8 Å². The summed E-state index contributed by atoms with van der Waals surface area (Å²) in [5.74, 6) is 0.418. The summed E-state index contributed by atoms with van der Waals surface area (Å²) in [4.78, 5) is 21.4. The third-order valence-electron chi connectivity index (χ3n) is 6.97. The van der Waals surface area contributed by atoms with Gasteiger partial charge in [-0.3, -0.25) is 0 Å². The third kappa shape index (κ3) is 10.0. The van der Waals surface area contributed by atoms with Crippen LogP contribution in [0.15, 0.2) is 64.6 Å². The Balaban J connectivity index is 1.55. The molecule has 0 bridgehead atoms. The maximum atomic E-state index is 13.7. The Morgan fingerprint density at radius 2 is 1.84 bits per heavy atom. The first-order valence-corrected chi connectivity index (χ1v) is 17.3. The van der Waals surface area contributed by atoms with E-state index in [-0.39, 0.29) is 28.9 Å². The number of carbonyl (C=O) groups is 1. The van der Waals surface area contributed by atoms with Crippen molar-refractivity contribution in [1.82, 2.24) is 20.3 Å². The fraction of sp³-hybridized carbons (Fsp3) is 0.438. The maximum Gasteiger partial charge on any atom is 0.407 e. The number of nitrogens with one attached hydrogen (secondary N) is 4. The van der Waals surface area contributed by atoms with E-state index in [1.165, 1.54) is 11.3 Å². The molecule has 240 valence electrons. The quantitative estimate of drug-likeness (QED) is 0.123. The van der Waals surface area contributed by atoms with Gasteiger partial charge >= 0.3 is 6.09 Å². The lowest BCUT2D eigenvalue weighted by atomic mass is 9.86. The molecule has 1 aliphatic carbocycles. The first-order chi connectivity index (χ1) is 21.3. The van der Waals surface area contributed by atoms with Gasteiger partial charge in [0.05, 0.1) is 20.9 Å². The second-order valence-corrected chi connectivity index (χ2v) is 15.0. The van der Waals surface area contributed by atoms with E-state index in [1.54, 1.807) is 51.4 Å². The monoisotopic (exact) mass is 651 g/mol. The van der Waals surface area contributed by atoms with Crippen LogP contribution in [0.1, 0.15) is 76.8 Å². The minimum Gasteiger partial charge on any atom is -0.447 e. The first kappa shape index (κ1) is 33.9. The van der Waals surface area contributed by atoms with E-state index < -0.39 is 21.7 Å². The average molecular weight is 652 g/mol. The van der Waals surface area contributed by atoms with Crippen molar-refractivity contribution in [2.75, 3.05) is 5.32 Å². The third-order valence-corrected chi connectivity index (χ3v) is 9.96. The van der Waals surface area contributed by atoms with Crippen LogP contribution in [0.5, 0.6) is 0 Å². The first-order valence-electron chi connectivity index (χ1n) is 15.0. The number of anilines is 1. The van der Waals surface area contributed by atoms with Crippen molar-refractivity contribution >= 4 is 39.1 Å². The number of alkyl carbamates (subject to hydrolysis) is 1. The predicted octanol–water partition coefficient (Wildman–Crippen LogP) is 6.09. The van der Waals surface area contributed by atoms with Gasteiger partial charge in [-0.05, 0) is 78.0 Å². The molecule has 1 amide bonds. The molecule has 0 unspecified atom stereocenters. The number of sulfonamides is 1. The molecular formula is C32H41N7O4S2. The molecule has 1 heterocycles. The van der Waals surface area contributed by atoms with Gasteiger partial charge in [-0.25, -0.2) is 22.9 Å². The van der Waals surface area contributed by atoms with Gasteiger partial charge in [0.1, 0.15) is 0 Å². The van der Waals surface area contributed by atoms with Crippen LogP contribution < -0.4 is 20.7 Å². The van der Waals surface area contributed by atoms with Gasteiger partial charge < -0.3 is 20.7 Å². The van der Waals surface area contributed by atoms with Crippen molar-refractivity contribution in [3.8, 4) is 16.6 Å². The summed E-state index contributed by atoms with van der Waals surface area (Å²) >= 11 is 1.48. The fourth-order valence-corrected chi connectivity index (χ4v) is 7.92. The summed E-state index contributed by atoms with van der Waals surface area (Å²) in [5.41, 5.74) is 1.27. The number of hydrogen-bond donors (Lipinski definition) is 4. The molecule has 4 rings (SSSR count). The molecular weight excluding hydrogens is 611 g/mol. The van der Waals surface area contributed by atoms with Crippen LogP contribution in [-0.2, 0) is 21.3 Å². The number of amides is 1. The zero-order valence-electron chi connectivity index (χ0n) is 26.3. The number of nitrogens with zero attached hydrogens (tertiary/aromatic N) is 3. The summed E-state index contributed by atoms with van der Waals surface area (Å²) in [7, 11) is -3.95. The van der Waals surface area contributed by atoms with Gasteiger partial charge in [-0.1, -0.05) is 36.4 Å². The summed E-state index contributed by atoms with van der Waals surface area (Å²) < 4.78 is 35.4. The van der Waals surface area contributed by atoms with Crippen LogP contribution in [0.3, 0.4) is 0 Å². The molecule has 1 fully saturated rings. The molecule has 0 saturated heterocycles. The summed E-state index contributed by atoms with van der Waals surface area (Å²) in [6.45, 7) is 9.43. The molecule has 13 heteroatoms. The van der Waals surface area contributed by atoms with Gasteiger partial charge in [0.15, 0.2) is 0 Å². The average Bonchev–Trinajstić information content (AvgIpc) is 3.45. The van der Waals surface area contributed by atoms with Gasteiger partial charge in [0.2, 0.25) is 22.2 Å². The molecule has 45 heavy (non-hydrogen) atoms. The van der Waals surface area contributed by atoms with Crippen LogP contribution in [0, 0.1) is 11.5 Å². The molecule has 0 radical (unpaired) electrons. The lowest BCUT2D eigenvalue weighted by Gasteiger charge is -2.28. The Bertz CT molecular complexity index is 1630. The standard InChI is InChI=1S/C32H41N7O4S2/c1-21(2)43-31(40)38-24-13-11-23(12-14-24)29-34-19-27(44-29)26-16-15-25(17-28(26)45(41,42)39-32(3,4)5)37-30(36-20-33)35-18-22-9-7-6-8-10-22/h6-10,15-17,19,21,23-24,39H,11-14,18H2,1-5H3,(H,38,40)(H2,35,36,37)/t23-,24-. The van der Waals surface area contributed by atoms with E-state index in [9.17, 15) is 18.5 Å². The number of nitriles is 1. The number of carbonyl (C=O) groups excluding carboxylic acids is 1. The number of rotatable bonds is 9. The van der Waals surface area contributed by atoms with Crippen LogP contribution in [0.25, 0.3) is 10.4 Å². The van der Waals surface area contributed by atoms with E-state index in [4.69, 9.17) is 9.72 Å². The second kappa shape index (κ2) is 14.9. The number of ether oxygens (including phenoxy) is 1. The Kier molecular flexibility index (Phi) is 11.2. The second-order valence-electron chi connectivity index (χ2n) is 12.3. The van der Waals surface area contributed by atoms with Gasteiger partial charge in [-0.2, -0.15) is 5.26 Å². The van der Waals surface area contributed by atoms with Crippen molar-refractivity contribution in [2.24, 2.45) is 4.99 Å². The highest BCUT2D eigenvalue weighted by molar-refractivity contribution is 7.89. The van der Waals surface area contributed by atoms with Crippen molar-refractivity contribution < 1.29 is 17.9 Å².